The minimum absolute atomic E-state index is 0. The fourth-order valence-electron chi connectivity index (χ4n) is 0.0833. The molecule has 0 aromatic carbocycles. The smallest absolute Gasteiger partial charge is 0.329 e. The molecule has 0 heterocycles. The number of carbonyl (C=O) groups excluding carboxylic acids is 1. The number of esters is 1. The maximum atomic E-state index is 9.84. The molecule has 0 radical (unpaired) electrons. The molecule has 66 valence electrons. The van der Waals surface area contributed by atoms with Crippen molar-refractivity contribution in [3.8, 4) is 0 Å². The van der Waals surface area contributed by atoms with E-state index in [1.54, 1.807) is 0 Å². The highest BCUT2D eigenvalue weighted by Crippen LogP contribution is 1.88. The zero-order valence-corrected chi connectivity index (χ0v) is 7.68. The Morgan fingerprint density at radius 1 is 1.55 bits per heavy atom. The normalized spacial score (nSPS) is 9.18. The second-order valence-electron chi connectivity index (χ2n) is 3.09. The number of hydrogen-bond donors (Lipinski definition) is 1. The molecule has 0 aliphatic heterocycles. The summed E-state index contributed by atoms with van der Waals surface area (Å²) in [7, 11) is 1.31. The molecule has 0 rings (SSSR count). The summed E-state index contributed by atoms with van der Waals surface area (Å²) in [6.07, 6.45) is 1.11. The molecule has 0 spiro atoms. The Kier molecular flexibility index (Phi) is 6.89. The van der Waals surface area contributed by atoms with Crippen molar-refractivity contribution < 1.29 is 9.53 Å². The molecular weight excluding hydrogens is 142 g/mol. The van der Waals surface area contributed by atoms with Crippen molar-refractivity contribution in [2.45, 2.75) is 26.3 Å². The van der Waals surface area contributed by atoms with Crippen LogP contribution in [0.2, 0.25) is 0 Å². The second kappa shape index (κ2) is 5.92. The van der Waals surface area contributed by atoms with E-state index in [1.807, 2.05) is 20.8 Å². The van der Waals surface area contributed by atoms with Crippen molar-refractivity contribution in [3.05, 3.63) is 12.7 Å². The number of nitrogens with two attached hydrogens (primary N) is 1. The lowest BCUT2D eigenvalue weighted by molar-refractivity contribution is -0.134. The molecule has 0 saturated carbocycles. The predicted molar refractivity (Wildman–Crippen MR) is 46.2 cm³/mol. The van der Waals surface area contributed by atoms with E-state index in [9.17, 15) is 4.79 Å². The van der Waals surface area contributed by atoms with Gasteiger partial charge >= 0.3 is 5.97 Å². The third-order valence-corrected chi connectivity index (χ3v) is 0.368. The topological polar surface area (TPSA) is 52.3 Å². The number of methoxy groups -OCH3 is 1. The van der Waals surface area contributed by atoms with E-state index in [0.717, 1.165) is 6.08 Å². The summed E-state index contributed by atoms with van der Waals surface area (Å²) < 4.78 is 4.14. The third kappa shape index (κ3) is 46.9. The molecular formula is C8H17NO2. The summed E-state index contributed by atoms with van der Waals surface area (Å²) in [6, 6.07) is 0. The van der Waals surface area contributed by atoms with E-state index >= 15 is 0 Å². The lowest BCUT2D eigenvalue weighted by Crippen LogP contribution is -2.26. The van der Waals surface area contributed by atoms with Gasteiger partial charge in [-0.2, -0.15) is 0 Å². The van der Waals surface area contributed by atoms with Crippen LogP contribution in [0.3, 0.4) is 0 Å². The van der Waals surface area contributed by atoms with E-state index in [0.29, 0.717) is 0 Å². The van der Waals surface area contributed by atoms with Crippen LogP contribution in [0, 0.1) is 0 Å². The molecule has 0 atom stereocenters. The second-order valence-corrected chi connectivity index (χ2v) is 3.09. The van der Waals surface area contributed by atoms with Gasteiger partial charge in [-0.25, -0.2) is 4.79 Å². The van der Waals surface area contributed by atoms with E-state index < -0.39 is 5.97 Å². The van der Waals surface area contributed by atoms with Crippen molar-refractivity contribution in [1.82, 2.24) is 0 Å². The van der Waals surface area contributed by atoms with Crippen LogP contribution in [-0.2, 0) is 9.53 Å². The first kappa shape index (κ1) is 12.8. The van der Waals surface area contributed by atoms with Gasteiger partial charge in [0.1, 0.15) is 0 Å². The minimum Gasteiger partial charge on any atom is -0.466 e. The van der Waals surface area contributed by atoms with E-state index in [4.69, 9.17) is 5.73 Å². The Balaban J connectivity index is 0. The molecule has 0 aliphatic rings. The SMILES string of the molecule is C=CC(=O)OC.CC(C)(C)N. The molecule has 2 N–H and O–H groups in total. The standard InChI is InChI=1S/C4H11N.C4H6O2/c1-4(2,3)5;1-3-4(5)6-2/h5H2,1-3H3;3H,1H2,2H3. The highest BCUT2D eigenvalue weighted by Gasteiger charge is 1.95. The summed E-state index contributed by atoms with van der Waals surface area (Å²) >= 11 is 0. The lowest BCUT2D eigenvalue weighted by atomic mass is 10.1. The first-order valence-corrected chi connectivity index (χ1v) is 3.30. The largest absolute Gasteiger partial charge is 0.466 e. The van der Waals surface area contributed by atoms with Crippen LogP contribution in [0.5, 0.6) is 0 Å². The highest BCUT2D eigenvalue weighted by atomic mass is 16.5. The van der Waals surface area contributed by atoms with Crippen molar-refractivity contribution >= 4 is 5.97 Å². The van der Waals surface area contributed by atoms with Gasteiger partial charge in [-0.05, 0) is 20.8 Å². The summed E-state index contributed by atoms with van der Waals surface area (Å²) in [5.41, 5.74) is 5.35. The quantitative estimate of drug-likeness (QED) is 0.460. The predicted octanol–water partition coefficient (Wildman–Crippen LogP) is 1.09. The molecule has 0 unspecified atom stereocenters. The third-order valence-electron chi connectivity index (χ3n) is 0.368. The van der Waals surface area contributed by atoms with Crippen LogP contribution < -0.4 is 5.73 Å². The maximum Gasteiger partial charge on any atom is 0.329 e. The van der Waals surface area contributed by atoms with Gasteiger partial charge in [0.2, 0.25) is 0 Å². The number of rotatable bonds is 1. The molecule has 0 aromatic rings. The van der Waals surface area contributed by atoms with Gasteiger partial charge in [0.05, 0.1) is 7.11 Å². The van der Waals surface area contributed by atoms with Gasteiger partial charge in [-0.3, -0.25) is 0 Å². The van der Waals surface area contributed by atoms with E-state index in [-0.39, 0.29) is 5.54 Å². The first-order valence-electron chi connectivity index (χ1n) is 3.30. The van der Waals surface area contributed by atoms with Gasteiger partial charge in [-0.1, -0.05) is 6.58 Å². The van der Waals surface area contributed by atoms with Gasteiger partial charge in [0, 0.05) is 11.6 Å². The number of hydrogen-bond acceptors (Lipinski definition) is 3. The average molecular weight is 159 g/mol. The zero-order chi connectivity index (χ0) is 9.49. The van der Waals surface area contributed by atoms with Crippen molar-refractivity contribution in [2.75, 3.05) is 7.11 Å². The number of carbonyl (C=O) groups is 1. The Morgan fingerprint density at radius 3 is 1.82 bits per heavy atom. The molecule has 0 aromatic heterocycles. The van der Waals surface area contributed by atoms with E-state index in [1.165, 1.54) is 7.11 Å². The molecule has 0 fully saturated rings. The molecule has 3 nitrogen and oxygen atoms in total. The summed E-state index contributed by atoms with van der Waals surface area (Å²) in [6.45, 7) is 9.05. The van der Waals surface area contributed by atoms with Crippen LogP contribution in [0.4, 0.5) is 0 Å². The van der Waals surface area contributed by atoms with Gasteiger partial charge in [-0.15, -0.1) is 0 Å². The van der Waals surface area contributed by atoms with Crippen LogP contribution in [0.25, 0.3) is 0 Å². The zero-order valence-electron chi connectivity index (χ0n) is 7.68. The summed E-state index contributed by atoms with van der Waals surface area (Å²) in [4.78, 5) is 9.84. The van der Waals surface area contributed by atoms with Crippen LogP contribution >= 0.6 is 0 Å². The Labute approximate surface area is 68.2 Å². The first-order chi connectivity index (χ1) is 4.81. The molecule has 11 heavy (non-hydrogen) atoms. The monoisotopic (exact) mass is 159 g/mol. The van der Waals surface area contributed by atoms with Crippen molar-refractivity contribution in [1.29, 1.82) is 0 Å². The van der Waals surface area contributed by atoms with Gasteiger partial charge in [0.25, 0.3) is 0 Å². The van der Waals surface area contributed by atoms with Crippen LogP contribution in [0.15, 0.2) is 12.7 Å². The van der Waals surface area contributed by atoms with E-state index in [2.05, 4.69) is 11.3 Å². The average Bonchev–Trinajstić information content (AvgIpc) is 1.83. The lowest BCUT2D eigenvalue weighted by Gasteiger charge is -2.06. The summed E-state index contributed by atoms with van der Waals surface area (Å²) in [5.74, 6) is -0.394. The minimum atomic E-state index is -0.394. The van der Waals surface area contributed by atoms with Gasteiger partial charge in [0.15, 0.2) is 0 Å². The molecule has 3 heteroatoms. The summed E-state index contributed by atoms with van der Waals surface area (Å²) in [5, 5.41) is 0. The Morgan fingerprint density at radius 2 is 1.82 bits per heavy atom. The van der Waals surface area contributed by atoms with Crippen LogP contribution in [-0.4, -0.2) is 18.6 Å². The van der Waals surface area contributed by atoms with Crippen molar-refractivity contribution in [2.24, 2.45) is 5.73 Å². The Bertz CT molecular complexity index is 119. The Hall–Kier alpha value is -0.830. The highest BCUT2D eigenvalue weighted by molar-refractivity contribution is 5.80. The fraction of sp³-hybridized carbons (Fsp3) is 0.625. The van der Waals surface area contributed by atoms with Crippen LogP contribution in [0.1, 0.15) is 20.8 Å². The van der Waals surface area contributed by atoms with Gasteiger partial charge < -0.3 is 10.5 Å². The fourth-order valence-corrected chi connectivity index (χ4v) is 0.0833. The molecule has 0 amide bonds. The molecule has 0 aliphatic carbocycles. The van der Waals surface area contributed by atoms with Crippen molar-refractivity contribution in [3.63, 3.8) is 0 Å². The molecule has 0 saturated heterocycles. The number of ether oxygens (including phenoxy) is 1. The molecule has 0 bridgehead atoms. The maximum absolute atomic E-state index is 9.84.